The molecule has 12 heteroatoms. The van der Waals surface area contributed by atoms with Gasteiger partial charge in [-0.15, -0.1) is 16.4 Å². The minimum Gasteiger partial charge on any atom is -0.378 e. The zero-order valence-corrected chi connectivity index (χ0v) is 14.4. The molecule has 1 aromatic carbocycles. The van der Waals surface area contributed by atoms with Gasteiger partial charge in [0, 0.05) is 16.0 Å². The predicted octanol–water partition coefficient (Wildman–Crippen LogP) is 3.14. The van der Waals surface area contributed by atoms with Crippen molar-refractivity contribution in [3.05, 3.63) is 51.1 Å². The number of nitro groups is 1. The summed E-state index contributed by atoms with van der Waals surface area (Å²) >= 11 is 7.30. The second kappa shape index (κ2) is 6.20. The molecule has 0 aliphatic rings. The van der Waals surface area contributed by atoms with Gasteiger partial charge in [-0.25, -0.2) is 14.5 Å². The lowest BCUT2D eigenvalue weighted by atomic mass is 10.2. The summed E-state index contributed by atoms with van der Waals surface area (Å²) in [5.74, 6) is -0.155. The van der Waals surface area contributed by atoms with Crippen LogP contribution < -0.4 is 11.1 Å². The van der Waals surface area contributed by atoms with E-state index < -0.39 is 10.6 Å². The average Bonchev–Trinajstić information content (AvgIpc) is 3.15. The van der Waals surface area contributed by atoms with E-state index in [2.05, 4.69) is 25.4 Å². The summed E-state index contributed by atoms with van der Waals surface area (Å²) in [6, 6.07) is 7.30. The largest absolute Gasteiger partial charge is 0.378 e. The Bertz CT molecular complexity index is 1120. The van der Waals surface area contributed by atoms with Gasteiger partial charge in [-0.1, -0.05) is 23.7 Å². The van der Waals surface area contributed by atoms with Gasteiger partial charge in [0.25, 0.3) is 0 Å². The van der Waals surface area contributed by atoms with Crippen LogP contribution in [0.5, 0.6) is 0 Å². The summed E-state index contributed by atoms with van der Waals surface area (Å²) in [7, 11) is 0. The smallest absolute Gasteiger partial charge is 0.353 e. The number of nitrogen functional groups attached to an aromatic ring is 1. The van der Waals surface area contributed by atoms with E-state index in [-0.39, 0.29) is 17.6 Å². The van der Waals surface area contributed by atoms with Crippen LogP contribution in [-0.2, 0) is 0 Å². The van der Waals surface area contributed by atoms with Crippen LogP contribution in [0.25, 0.3) is 16.2 Å². The molecule has 0 saturated carbocycles. The van der Waals surface area contributed by atoms with Crippen LogP contribution in [0.15, 0.2) is 36.0 Å². The number of rotatable bonds is 4. The molecule has 0 bridgehead atoms. The minimum absolute atomic E-state index is 0.0752. The lowest BCUT2D eigenvalue weighted by Gasteiger charge is -2.03. The molecule has 0 unspecified atom stereocenters. The minimum atomic E-state index is -0.658. The topological polar surface area (TPSA) is 137 Å². The first-order valence-electron chi connectivity index (χ1n) is 7.15. The molecule has 0 amide bonds. The number of halogens is 1. The lowest BCUT2D eigenvalue weighted by Crippen LogP contribution is -2.05. The number of fused-ring (bicyclic) bond motifs is 1. The van der Waals surface area contributed by atoms with Crippen molar-refractivity contribution in [2.24, 2.45) is 0 Å². The number of nitrogens with two attached hydrogens (primary N) is 1. The van der Waals surface area contributed by atoms with Crippen LogP contribution in [0.4, 0.5) is 23.3 Å². The monoisotopic (exact) mass is 388 g/mol. The van der Waals surface area contributed by atoms with E-state index in [1.165, 1.54) is 11.3 Å². The van der Waals surface area contributed by atoms with Crippen LogP contribution >= 0.6 is 22.9 Å². The van der Waals surface area contributed by atoms with Gasteiger partial charge in [-0.2, -0.15) is 4.98 Å². The van der Waals surface area contributed by atoms with Crippen molar-refractivity contribution in [3.63, 3.8) is 0 Å². The third-order valence-corrected chi connectivity index (χ3v) is 4.55. The van der Waals surface area contributed by atoms with Crippen molar-refractivity contribution in [2.45, 2.75) is 0 Å². The Kier molecular flexibility index (Phi) is 3.86. The highest BCUT2D eigenvalue weighted by molar-refractivity contribution is 7.15. The van der Waals surface area contributed by atoms with Crippen LogP contribution in [0.2, 0.25) is 5.02 Å². The molecule has 0 aliphatic heterocycles. The maximum absolute atomic E-state index is 11.2. The summed E-state index contributed by atoms with van der Waals surface area (Å²) in [6.07, 6.45) is 1.13. The Morgan fingerprint density at radius 2 is 2.04 bits per heavy atom. The first kappa shape index (κ1) is 16.2. The van der Waals surface area contributed by atoms with E-state index in [4.69, 9.17) is 17.3 Å². The maximum atomic E-state index is 11.2. The quantitative estimate of drug-likeness (QED) is 0.401. The van der Waals surface area contributed by atoms with Crippen LogP contribution in [0, 0.1) is 10.1 Å². The van der Waals surface area contributed by atoms with Crippen LogP contribution in [-0.4, -0.2) is 29.5 Å². The highest BCUT2D eigenvalue weighted by Gasteiger charge is 2.22. The number of benzene rings is 1. The highest BCUT2D eigenvalue weighted by atomic mass is 35.5. The Morgan fingerprint density at radius 3 is 2.77 bits per heavy atom. The predicted molar refractivity (Wildman–Crippen MR) is 97.7 cm³/mol. The summed E-state index contributed by atoms with van der Waals surface area (Å²) in [5.41, 5.74) is 6.86. The van der Waals surface area contributed by atoms with Crippen molar-refractivity contribution in [1.29, 1.82) is 0 Å². The maximum Gasteiger partial charge on any atom is 0.353 e. The van der Waals surface area contributed by atoms with E-state index in [1.807, 2.05) is 17.5 Å². The van der Waals surface area contributed by atoms with Gasteiger partial charge < -0.3 is 11.1 Å². The average molecular weight is 389 g/mol. The lowest BCUT2D eigenvalue weighted by molar-refractivity contribution is -0.383. The Hall–Kier alpha value is -3.31. The van der Waals surface area contributed by atoms with Gasteiger partial charge in [0.2, 0.25) is 22.5 Å². The molecule has 3 N–H and O–H groups in total. The van der Waals surface area contributed by atoms with Crippen molar-refractivity contribution in [3.8, 4) is 11.3 Å². The van der Waals surface area contributed by atoms with E-state index in [9.17, 15) is 10.1 Å². The third-order valence-electron chi connectivity index (χ3n) is 3.48. The normalized spacial score (nSPS) is 11.0. The number of hydrogen-bond donors (Lipinski definition) is 2. The number of nitrogens with zero attached hydrogens (tertiary/aromatic N) is 6. The Labute approximate surface area is 154 Å². The van der Waals surface area contributed by atoms with E-state index in [1.54, 1.807) is 16.6 Å². The molecule has 0 spiro atoms. The van der Waals surface area contributed by atoms with E-state index in [0.29, 0.717) is 9.98 Å². The summed E-state index contributed by atoms with van der Waals surface area (Å²) in [4.78, 5) is 22.9. The number of anilines is 3. The fourth-order valence-electron chi connectivity index (χ4n) is 2.32. The van der Waals surface area contributed by atoms with Crippen molar-refractivity contribution in [1.82, 2.24) is 24.6 Å². The molecule has 0 saturated heterocycles. The molecule has 26 heavy (non-hydrogen) atoms. The molecule has 3 aromatic heterocycles. The van der Waals surface area contributed by atoms with Crippen molar-refractivity contribution >= 4 is 51.2 Å². The number of thiazole rings is 1. The second-order valence-electron chi connectivity index (χ2n) is 5.10. The molecule has 0 fully saturated rings. The number of hydrogen-bond acceptors (Lipinski definition) is 9. The van der Waals surface area contributed by atoms with Crippen molar-refractivity contribution < 1.29 is 4.92 Å². The van der Waals surface area contributed by atoms with Gasteiger partial charge in [-0.05, 0) is 12.1 Å². The summed E-state index contributed by atoms with van der Waals surface area (Å²) in [6.45, 7) is 0. The van der Waals surface area contributed by atoms with Gasteiger partial charge in [-0.3, -0.25) is 10.1 Å². The van der Waals surface area contributed by atoms with E-state index >= 15 is 0 Å². The SMILES string of the molecule is Nc1ncnc(Nc2nc3scc(-c4ccc(Cl)cc4)n3n2)c1[N+](=O)[O-]. The first-order chi connectivity index (χ1) is 12.5. The van der Waals surface area contributed by atoms with Crippen LogP contribution in [0.3, 0.4) is 0 Å². The van der Waals surface area contributed by atoms with Crippen LogP contribution in [0.1, 0.15) is 0 Å². The number of nitrogens with one attached hydrogen (secondary N) is 1. The van der Waals surface area contributed by atoms with Gasteiger partial charge in [0.1, 0.15) is 6.33 Å². The van der Waals surface area contributed by atoms with E-state index in [0.717, 1.165) is 17.6 Å². The molecule has 130 valence electrons. The Morgan fingerprint density at radius 1 is 1.27 bits per heavy atom. The zero-order chi connectivity index (χ0) is 18.3. The molecule has 3 heterocycles. The third kappa shape index (κ3) is 2.78. The molecule has 0 aliphatic carbocycles. The molecule has 0 radical (unpaired) electrons. The molecular formula is C14H9ClN8O2S. The summed E-state index contributed by atoms with van der Waals surface area (Å²) < 4.78 is 1.63. The summed E-state index contributed by atoms with van der Waals surface area (Å²) in [5, 5.41) is 20.8. The fourth-order valence-corrected chi connectivity index (χ4v) is 3.28. The molecule has 4 rings (SSSR count). The number of aromatic nitrogens is 5. The fraction of sp³-hybridized carbons (Fsp3) is 0. The highest BCUT2D eigenvalue weighted by Crippen LogP contribution is 2.30. The van der Waals surface area contributed by atoms with Gasteiger partial charge in [0.15, 0.2) is 0 Å². The van der Waals surface area contributed by atoms with Gasteiger partial charge in [0.05, 0.1) is 10.6 Å². The standard InChI is InChI=1S/C14H9ClN8O2S/c15-8-3-1-7(2-4-8)9-5-26-14-20-13(21-22(9)14)19-12-10(23(24)25)11(16)17-6-18-12/h1-6H,(H3,16,17,18,19,21). The molecule has 10 nitrogen and oxygen atoms in total. The van der Waals surface area contributed by atoms with Crippen molar-refractivity contribution in [2.75, 3.05) is 11.1 Å². The molecular weight excluding hydrogens is 380 g/mol. The van der Waals surface area contributed by atoms with Gasteiger partial charge >= 0.3 is 5.69 Å². The molecule has 0 atom stereocenters. The first-order valence-corrected chi connectivity index (χ1v) is 8.41. The molecule has 4 aromatic rings. The zero-order valence-electron chi connectivity index (χ0n) is 12.8. The second-order valence-corrected chi connectivity index (χ2v) is 6.37. The Balaban J connectivity index is 1.73.